The zero-order valence-electron chi connectivity index (χ0n) is 14.9. The van der Waals surface area contributed by atoms with Crippen LogP contribution < -0.4 is 10.6 Å². The van der Waals surface area contributed by atoms with Crippen molar-refractivity contribution in [1.82, 2.24) is 5.32 Å². The van der Waals surface area contributed by atoms with Gasteiger partial charge in [0.25, 0.3) is 0 Å². The molecule has 0 unspecified atom stereocenters. The summed E-state index contributed by atoms with van der Waals surface area (Å²) < 4.78 is 22.5. The quantitative estimate of drug-likeness (QED) is 0.759. The SMILES string of the molecule is COC(=O)c1ccc(C(=O)OC)c(NC(=O)NCCc2cccc(F)c2)c1. The maximum atomic E-state index is 13.1. The molecule has 0 atom stereocenters. The standard InChI is InChI=1S/C19H19FN2O5/c1-26-17(23)13-6-7-15(18(24)27-2)16(11-13)22-19(25)21-9-8-12-4-3-5-14(20)10-12/h3-7,10-11H,8-9H2,1-2H3,(H2,21,22,25). The van der Waals surface area contributed by atoms with E-state index in [0.717, 1.165) is 5.56 Å². The lowest BCUT2D eigenvalue weighted by Crippen LogP contribution is -2.31. The summed E-state index contributed by atoms with van der Waals surface area (Å²) in [6.07, 6.45) is 0.428. The van der Waals surface area contributed by atoms with Gasteiger partial charge in [0.1, 0.15) is 5.82 Å². The van der Waals surface area contributed by atoms with E-state index < -0.39 is 18.0 Å². The summed E-state index contributed by atoms with van der Waals surface area (Å²) in [6.45, 7) is 0.250. The molecule has 0 heterocycles. The fraction of sp³-hybridized carbons (Fsp3) is 0.211. The van der Waals surface area contributed by atoms with Gasteiger partial charge in [-0.2, -0.15) is 0 Å². The Hall–Kier alpha value is -3.42. The topological polar surface area (TPSA) is 93.7 Å². The van der Waals surface area contributed by atoms with E-state index in [0.29, 0.717) is 6.42 Å². The highest BCUT2D eigenvalue weighted by molar-refractivity contribution is 6.03. The molecule has 8 heteroatoms. The van der Waals surface area contributed by atoms with E-state index in [1.807, 2.05) is 0 Å². The van der Waals surface area contributed by atoms with Crippen LogP contribution in [-0.2, 0) is 15.9 Å². The number of urea groups is 1. The molecule has 0 bridgehead atoms. The number of carbonyl (C=O) groups is 3. The third-order valence-corrected chi connectivity index (χ3v) is 3.68. The Balaban J connectivity index is 2.05. The summed E-state index contributed by atoms with van der Waals surface area (Å²) in [5, 5.41) is 5.12. The number of methoxy groups -OCH3 is 2. The zero-order chi connectivity index (χ0) is 19.8. The minimum atomic E-state index is -0.665. The molecule has 0 saturated carbocycles. The second-order valence-electron chi connectivity index (χ2n) is 5.50. The first-order chi connectivity index (χ1) is 12.9. The lowest BCUT2D eigenvalue weighted by Gasteiger charge is -2.12. The third-order valence-electron chi connectivity index (χ3n) is 3.68. The van der Waals surface area contributed by atoms with Crippen molar-refractivity contribution in [2.45, 2.75) is 6.42 Å². The van der Waals surface area contributed by atoms with Crippen LogP contribution in [0, 0.1) is 5.82 Å². The number of ether oxygens (including phenoxy) is 2. The molecule has 0 aliphatic heterocycles. The Kier molecular flexibility index (Phi) is 6.87. The van der Waals surface area contributed by atoms with Crippen LogP contribution in [0.5, 0.6) is 0 Å². The number of hydrogen-bond acceptors (Lipinski definition) is 5. The molecule has 0 aliphatic rings. The van der Waals surface area contributed by atoms with Gasteiger partial charge in [0, 0.05) is 6.54 Å². The molecule has 2 aromatic rings. The van der Waals surface area contributed by atoms with Gasteiger partial charge in [-0.3, -0.25) is 0 Å². The van der Waals surface area contributed by atoms with Crippen molar-refractivity contribution in [2.24, 2.45) is 0 Å². The first kappa shape index (κ1) is 19.9. The molecule has 27 heavy (non-hydrogen) atoms. The Morgan fingerprint density at radius 1 is 1.00 bits per heavy atom. The molecule has 0 spiro atoms. The smallest absolute Gasteiger partial charge is 0.339 e. The van der Waals surface area contributed by atoms with Crippen LogP contribution in [0.1, 0.15) is 26.3 Å². The van der Waals surface area contributed by atoms with Gasteiger partial charge in [-0.25, -0.2) is 18.8 Å². The molecular weight excluding hydrogens is 355 g/mol. The van der Waals surface area contributed by atoms with Crippen molar-refractivity contribution in [3.63, 3.8) is 0 Å². The zero-order valence-corrected chi connectivity index (χ0v) is 14.9. The number of carbonyl (C=O) groups excluding carboxylic acids is 3. The molecule has 0 aliphatic carbocycles. The van der Waals surface area contributed by atoms with Crippen molar-refractivity contribution in [2.75, 3.05) is 26.1 Å². The van der Waals surface area contributed by atoms with Crippen molar-refractivity contribution in [1.29, 1.82) is 0 Å². The normalized spacial score (nSPS) is 10.0. The second-order valence-corrected chi connectivity index (χ2v) is 5.50. The van der Waals surface area contributed by atoms with Crippen LogP contribution in [0.25, 0.3) is 0 Å². The van der Waals surface area contributed by atoms with E-state index in [-0.39, 0.29) is 29.2 Å². The number of hydrogen-bond donors (Lipinski definition) is 2. The molecule has 0 aromatic heterocycles. The summed E-state index contributed by atoms with van der Waals surface area (Å²) >= 11 is 0. The molecule has 0 saturated heterocycles. The number of esters is 2. The van der Waals surface area contributed by atoms with Crippen LogP contribution in [0.3, 0.4) is 0 Å². The van der Waals surface area contributed by atoms with Crippen molar-refractivity contribution >= 4 is 23.7 Å². The lowest BCUT2D eigenvalue weighted by molar-refractivity contribution is 0.0587. The Morgan fingerprint density at radius 3 is 2.41 bits per heavy atom. The van der Waals surface area contributed by atoms with Gasteiger partial charge in [0.2, 0.25) is 0 Å². The van der Waals surface area contributed by atoms with E-state index in [9.17, 15) is 18.8 Å². The molecule has 0 fully saturated rings. The first-order valence-corrected chi connectivity index (χ1v) is 8.04. The highest BCUT2D eigenvalue weighted by Crippen LogP contribution is 2.19. The number of halogens is 1. The fourth-order valence-corrected chi connectivity index (χ4v) is 2.36. The highest BCUT2D eigenvalue weighted by atomic mass is 19.1. The van der Waals surface area contributed by atoms with Crippen LogP contribution in [0.2, 0.25) is 0 Å². The number of rotatable bonds is 6. The van der Waals surface area contributed by atoms with Crippen LogP contribution >= 0.6 is 0 Å². The summed E-state index contributed by atoms with van der Waals surface area (Å²) in [7, 11) is 2.43. The van der Waals surface area contributed by atoms with Gasteiger partial charge >= 0.3 is 18.0 Å². The molecule has 2 rings (SSSR count). The molecular formula is C19H19FN2O5. The molecule has 142 valence electrons. The van der Waals surface area contributed by atoms with E-state index in [2.05, 4.69) is 20.1 Å². The first-order valence-electron chi connectivity index (χ1n) is 8.04. The largest absolute Gasteiger partial charge is 0.465 e. The lowest BCUT2D eigenvalue weighted by atomic mass is 10.1. The average molecular weight is 374 g/mol. The summed E-state index contributed by atoms with van der Waals surface area (Å²) in [5.41, 5.74) is 1.09. The summed E-state index contributed by atoms with van der Waals surface area (Å²) in [4.78, 5) is 35.6. The van der Waals surface area contributed by atoms with Gasteiger partial charge in [-0.05, 0) is 42.3 Å². The van der Waals surface area contributed by atoms with Gasteiger partial charge in [0.15, 0.2) is 0 Å². The minimum Gasteiger partial charge on any atom is -0.465 e. The maximum absolute atomic E-state index is 13.1. The summed E-state index contributed by atoms with van der Waals surface area (Å²) in [5.74, 6) is -1.62. The number of nitrogens with one attached hydrogen (secondary N) is 2. The fourth-order valence-electron chi connectivity index (χ4n) is 2.36. The van der Waals surface area contributed by atoms with Crippen LogP contribution in [-0.4, -0.2) is 38.7 Å². The van der Waals surface area contributed by atoms with Gasteiger partial charge < -0.3 is 20.1 Å². The minimum absolute atomic E-state index is 0.0884. The monoisotopic (exact) mass is 374 g/mol. The van der Waals surface area contributed by atoms with Gasteiger partial charge in [-0.1, -0.05) is 12.1 Å². The average Bonchev–Trinajstić information content (AvgIpc) is 2.66. The number of benzene rings is 2. The number of anilines is 1. The summed E-state index contributed by atoms with van der Waals surface area (Å²) in [6, 6.07) is 9.55. The number of amides is 2. The van der Waals surface area contributed by atoms with E-state index in [1.54, 1.807) is 12.1 Å². The van der Waals surface area contributed by atoms with Gasteiger partial charge in [0.05, 0.1) is 31.0 Å². The van der Waals surface area contributed by atoms with Crippen molar-refractivity contribution in [3.8, 4) is 0 Å². The predicted octanol–water partition coefficient (Wildman–Crippen LogP) is 2.76. The highest BCUT2D eigenvalue weighted by Gasteiger charge is 2.17. The van der Waals surface area contributed by atoms with E-state index >= 15 is 0 Å². The Labute approximate surface area is 155 Å². The molecule has 7 nitrogen and oxygen atoms in total. The van der Waals surface area contributed by atoms with Crippen molar-refractivity contribution < 1.29 is 28.2 Å². The Bertz CT molecular complexity index is 854. The predicted molar refractivity (Wildman–Crippen MR) is 96.2 cm³/mol. The van der Waals surface area contributed by atoms with E-state index in [4.69, 9.17) is 0 Å². The van der Waals surface area contributed by atoms with Gasteiger partial charge in [-0.15, -0.1) is 0 Å². The second kappa shape index (κ2) is 9.33. The molecule has 2 N–H and O–H groups in total. The molecule has 2 aromatic carbocycles. The van der Waals surface area contributed by atoms with Crippen LogP contribution in [0.15, 0.2) is 42.5 Å². The third kappa shape index (κ3) is 5.53. The molecule has 0 radical (unpaired) electrons. The Morgan fingerprint density at radius 2 is 1.74 bits per heavy atom. The van der Waals surface area contributed by atoms with E-state index in [1.165, 1.54) is 44.6 Å². The van der Waals surface area contributed by atoms with Crippen LogP contribution in [0.4, 0.5) is 14.9 Å². The van der Waals surface area contributed by atoms with Crippen molar-refractivity contribution in [3.05, 3.63) is 65.0 Å². The maximum Gasteiger partial charge on any atom is 0.339 e. The molecule has 2 amide bonds.